The number of hydrogen-bond acceptors (Lipinski definition) is 5. The second-order valence-electron chi connectivity index (χ2n) is 5.72. The molecular formula is C19H18ClNO4S. The normalized spacial score (nSPS) is 19.3. The number of nitrogens with zero attached hydrogens (tertiary/aromatic N) is 1. The Bertz CT molecular complexity index is 829. The summed E-state index contributed by atoms with van der Waals surface area (Å²) in [4.78, 5) is 27.0. The van der Waals surface area contributed by atoms with Crippen molar-refractivity contribution in [2.45, 2.75) is 11.4 Å². The molecule has 0 radical (unpaired) electrons. The Kier molecular flexibility index (Phi) is 5.74. The number of carbonyl (C=O) groups excluding carboxylic acids is 2. The molecule has 1 aliphatic rings. The molecule has 5 nitrogen and oxygen atoms in total. The number of thioether (sulfide) groups is 1. The Labute approximate surface area is 161 Å². The number of amides is 1. The lowest BCUT2D eigenvalue weighted by Crippen LogP contribution is -2.43. The fraction of sp³-hybridized carbons (Fsp3) is 0.263. The third-order valence-electron chi connectivity index (χ3n) is 4.16. The van der Waals surface area contributed by atoms with Crippen LogP contribution in [0, 0.1) is 0 Å². The SMILES string of the molecule is COC(=O)C1CSC(c2cccc(Cl)c2)N1C(=O)c1cccc(OC)c1. The van der Waals surface area contributed by atoms with Crippen molar-refractivity contribution in [2.24, 2.45) is 0 Å². The van der Waals surface area contributed by atoms with Gasteiger partial charge in [-0.25, -0.2) is 4.79 Å². The zero-order valence-corrected chi connectivity index (χ0v) is 15.9. The van der Waals surface area contributed by atoms with Crippen LogP contribution >= 0.6 is 23.4 Å². The van der Waals surface area contributed by atoms with Gasteiger partial charge in [0.1, 0.15) is 17.2 Å². The van der Waals surface area contributed by atoms with E-state index in [0.717, 1.165) is 5.56 Å². The van der Waals surface area contributed by atoms with Crippen molar-refractivity contribution in [1.82, 2.24) is 4.90 Å². The van der Waals surface area contributed by atoms with Crippen LogP contribution < -0.4 is 4.74 Å². The molecule has 0 bridgehead atoms. The van der Waals surface area contributed by atoms with Gasteiger partial charge in [0.2, 0.25) is 0 Å². The van der Waals surface area contributed by atoms with Crippen molar-refractivity contribution in [2.75, 3.05) is 20.0 Å². The molecule has 1 saturated heterocycles. The molecule has 2 aromatic rings. The van der Waals surface area contributed by atoms with Crippen molar-refractivity contribution in [3.63, 3.8) is 0 Å². The Morgan fingerprint density at radius 1 is 1.15 bits per heavy atom. The lowest BCUT2D eigenvalue weighted by atomic mass is 10.1. The van der Waals surface area contributed by atoms with Crippen LogP contribution in [0.2, 0.25) is 5.02 Å². The van der Waals surface area contributed by atoms with Crippen LogP contribution in [-0.4, -0.2) is 42.8 Å². The molecule has 1 aliphatic heterocycles. The Morgan fingerprint density at radius 3 is 2.62 bits per heavy atom. The van der Waals surface area contributed by atoms with Crippen LogP contribution in [0.4, 0.5) is 0 Å². The van der Waals surface area contributed by atoms with Gasteiger partial charge in [-0.15, -0.1) is 11.8 Å². The summed E-state index contributed by atoms with van der Waals surface area (Å²) < 4.78 is 10.1. The topological polar surface area (TPSA) is 55.8 Å². The van der Waals surface area contributed by atoms with Crippen LogP contribution in [-0.2, 0) is 9.53 Å². The molecule has 2 atom stereocenters. The van der Waals surface area contributed by atoms with Gasteiger partial charge in [-0.1, -0.05) is 29.8 Å². The first-order valence-electron chi connectivity index (χ1n) is 7.96. The van der Waals surface area contributed by atoms with E-state index in [2.05, 4.69) is 0 Å². The maximum Gasteiger partial charge on any atom is 0.329 e. The van der Waals surface area contributed by atoms with Gasteiger partial charge in [-0.05, 0) is 35.9 Å². The van der Waals surface area contributed by atoms with E-state index in [1.807, 2.05) is 18.2 Å². The monoisotopic (exact) mass is 391 g/mol. The van der Waals surface area contributed by atoms with E-state index in [0.29, 0.717) is 22.1 Å². The average Bonchev–Trinajstić information content (AvgIpc) is 3.12. The van der Waals surface area contributed by atoms with Crippen LogP contribution in [0.5, 0.6) is 5.75 Å². The fourth-order valence-electron chi connectivity index (χ4n) is 2.89. The van der Waals surface area contributed by atoms with Crippen molar-refractivity contribution < 1.29 is 19.1 Å². The van der Waals surface area contributed by atoms with Crippen molar-refractivity contribution in [3.8, 4) is 5.75 Å². The minimum Gasteiger partial charge on any atom is -0.497 e. The summed E-state index contributed by atoms with van der Waals surface area (Å²) in [5.41, 5.74) is 1.32. The third kappa shape index (κ3) is 3.66. The van der Waals surface area contributed by atoms with Gasteiger partial charge in [0.25, 0.3) is 5.91 Å². The first kappa shape index (κ1) is 18.6. The molecule has 0 saturated carbocycles. The maximum absolute atomic E-state index is 13.2. The Balaban J connectivity index is 2.00. The molecule has 0 aromatic heterocycles. The van der Waals surface area contributed by atoms with Crippen molar-refractivity contribution in [1.29, 1.82) is 0 Å². The Hall–Kier alpha value is -2.18. The third-order valence-corrected chi connectivity index (χ3v) is 5.72. The number of halogens is 1. The largest absolute Gasteiger partial charge is 0.497 e. The summed E-state index contributed by atoms with van der Waals surface area (Å²) in [5.74, 6) is 0.351. The number of rotatable bonds is 4. The molecule has 2 aromatic carbocycles. The summed E-state index contributed by atoms with van der Waals surface area (Å²) in [6.45, 7) is 0. The van der Waals surface area contributed by atoms with E-state index in [1.165, 1.54) is 18.9 Å². The van der Waals surface area contributed by atoms with Crippen molar-refractivity contribution in [3.05, 3.63) is 64.7 Å². The lowest BCUT2D eigenvalue weighted by molar-refractivity contribution is -0.145. The predicted octanol–water partition coefficient (Wildman–Crippen LogP) is 3.78. The average molecular weight is 392 g/mol. The van der Waals surface area contributed by atoms with E-state index in [-0.39, 0.29) is 11.3 Å². The zero-order valence-electron chi connectivity index (χ0n) is 14.3. The van der Waals surface area contributed by atoms with E-state index in [4.69, 9.17) is 21.1 Å². The second kappa shape index (κ2) is 8.01. The number of esters is 1. The van der Waals surface area contributed by atoms with Gasteiger partial charge >= 0.3 is 5.97 Å². The zero-order chi connectivity index (χ0) is 18.7. The molecule has 2 unspecified atom stereocenters. The highest BCUT2D eigenvalue weighted by Gasteiger charge is 2.43. The summed E-state index contributed by atoms with van der Waals surface area (Å²) in [7, 11) is 2.87. The van der Waals surface area contributed by atoms with Gasteiger partial charge in [0.15, 0.2) is 0 Å². The molecule has 7 heteroatoms. The molecule has 1 amide bonds. The van der Waals surface area contributed by atoms with E-state index in [9.17, 15) is 9.59 Å². The molecule has 3 rings (SSSR count). The standard InChI is InChI=1S/C19H18ClNO4S/c1-24-15-8-4-5-12(10-15)17(22)21-16(19(23)25-2)11-26-18(21)13-6-3-7-14(20)9-13/h3-10,16,18H,11H2,1-2H3. The van der Waals surface area contributed by atoms with Gasteiger partial charge in [-0.3, -0.25) is 4.79 Å². The summed E-state index contributed by atoms with van der Waals surface area (Å²) in [5, 5.41) is 0.259. The van der Waals surface area contributed by atoms with Gasteiger partial charge < -0.3 is 14.4 Å². The summed E-state index contributed by atoms with van der Waals surface area (Å²) >= 11 is 7.62. The maximum atomic E-state index is 13.2. The second-order valence-corrected chi connectivity index (χ2v) is 7.27. The first-order chi connectivity index (χ1) is 12.5. The molecule has 136 valence electrons. The van der Waals surface area contributed by atoms with Crippen LogP contribution in [0.25, 0.3) is 0 Å². The molecule has 0 aliphatic carbocycles. The minimum absolute atomic E-state index is 0.255. The lowest BCUT2D eigenvalue weighted by Gasteiger charge is -2.28. The highest BCUT2D eigenvalue weighted by atomic mass is 35.5. The molecular weight excluding hydrogens is 374 g/mol. The Morgan fingerprint density at radius 2 is 1.92 bits per heavy atom. The van der Waals surface area contributed by atoms with Crippen molar-refractivity contribution >= 4 is 35.2 Å². The van der Waals surface area contributed by atoms with Crippen LogP contribution in [0.15, 0.2) is 48.5 Å². The van der Waals surface area contributed by atoms with E-state index in [1.54, 1.807) is 42.3 Å². The van der Waals surface area contributed by atoms with Crippen LogP contribution in [0.3, 0.4) is 0 Å². The molecule has 26 heavy (non-hydrogen) atoms. The molecule has 1 heterocycles. The quantitative estimate of drug-likeness (QED) is 0.742. The first-order valence-corrected chi connectivity index (χ1v) is 9.39. The van der Waals surface area contributed by atoms with Crippen LogP contribution in [0.1, 0.15) is 21.3 Å². The summed E-state index contributed by atoms with van der Waals surface area (Å²) in [6, 6.07) is 13.5. The number of hydrogen-bond donors (Lipinski definition) is 0. The smallest absolute Gasteiger partial charge is 0.329 e. The minimum atomic E-state index is -0.660. The molecule has 0 N–H and O–H groups in total. The highest BCUT2D eigenvalue weighted by Crippen LogP contribution is 2.43. The highest BCUT2D eigenvalue weighted by molar-refractivity contribution is 7.99. The number of benzene rings is 2. The van der Waals surface area contributed by atoms with E-state index < -0.39 is 12.0 Å². The van der Waals surface area contributed by atoms with Gasteiger partial charge in [-0.2, -0.15) is 0 Å². The molecule has 0 spiro atoms. The number of ether oxygens (including phenoxy) is 2. The predicted molar refractivity (Wildman–Crippen MR) is 102 cm³/mol. The number of methoxy groups -OCH3 is 2. The molecule has 1 fully saturated rings. The fourth-order valence-corrected chi connectivity index (χ4v) is 4.50. The van der Waals surface area contributed by atoms with Gasteiger partial charge in [0, 0.05) is 16.3 Å². The summed E-state index contributed by atoms with van der Waals surface area (Å²) in [6.07, 6.45) is 0. The van der Waals surface area contributed by atoms with E-state index >= 15 is 0 Å². The number of carbonyl (C=O) groups is 2. The van der Waals surface area contributed by atoms with Gasteiger partial charge in [0.05, 0.1) is 14.2 Å².